The van der Waals surface area contributed by atoms with Crippen LogP contribution in [0.2, 0.25) is 0 Å². The summed E-state index contributed by atoms with van der Waals surface area (Å²) in [7, 11) is 0. The summed E-state index contributed by atoms with van der Waals surface area (Å²) in [6.07, 6.45) is 0. The van der Waals surface area contributed by atoms with Gasteiger partial charge < -0.3 is 5.73 Å². The molecule has 1 aromatic heterocycles. The number of thiazole rings is 1. The van der Waals surface area contributed by atoms with Gasteiger partial charge in [0, 0.05) is 12.3 Å². The summed E-state index contributed by atoms with van der Waals surface area (Å²) in [6, 6.07) is 9.60. The van der Waals surface area contributed by atoms with Crippen molar-refractivity contribution in [2.75, 3.05) is 10.8 Å². The molecule has 0 aliphatic rings. The number of hydroxylamine groups is 1. The van der Waals surface area contributed by atoms with E-state index >= 15 is 0 Å². The third kappa shape index (κ3) is 3.06. The summed E-state index contributed by atoms with van der Waals surface area (Å²) < 4.78 is 0. The van der Waals surface area contributed by atoms with Gasteiger partial charge in [-0.05, 0) is 5.56 Å². The van der Waals surface area contributed by atoms with Gasteiger partial charge in [0.1, 0.15) is 6.61 Å². The molecule has 18 heavy (non-hydrogen) atoms. The molecule has 0 radical (unpaired) electrons. The molecule has 5 nitrogen and oxygen atoms in total. The third-order valence-corrected chi connectivity index (χ3v) is 2.87. The van der Waals surface area contributed by atoms with Crippen LogP contribution in [0.4, 0.5) is 10.9 Å². The first kappa shape index (κ1) is 12.5. The number of amides is 1. The van der Waals surface area contributed by atoms with Crippen molar-refractivity contribution in [3.8, 4) is 0 Å². The molecule has 1 heterocycles. The van der Waals surface area contributed by atoms with Gasteiger partial charge in [-0.1, -0.05) is 30.3 Å². The molecule has 1 aromatic carbocycles. The van der Waals surface area contributed by atoms with Crippen molar-refractivity contribution in [1.82, 2.24) is 4.98 Å². The Kier molecular flexibility index (Phi) is 3.91. The SMILES string of the molecule is CC(=O)N(OCc1ccccc1)c1csc(N)n1. The molecule has 0 fully saturated rings. The lowest BCUT2D eigenvalue weighted by molar-refractivity contribution is -0.124. The van der Waals surface area contributed by atoms with Crippen molar-refractivity contribution in [3.63, 3.8) is 0 Å². The van der Waals surface area contributed by atoms with Gasteiger partial charge in [0.15, 0.2) is 10.9 Å². The number of benzene rings is 1. The number of hydrogen-bond acceptors (Lipinski definition) is 5. The van der Waals surface area contributed by atoms with Crippen molar-refractivity contribution in [2.24, 2.45) is 0 Å². The maximum Gasteiger partial charge on any atom is 0.249 e. The van der Waals surface area contributed by atoms with Crippen molar-refractivity contribution in [1.29, 1.82) is 0 Å². The van der Waals surface area contributed by atoms with Gasteiger partial charge in [-0.2, -0.15) is 5.06 Å². The van der Waals surface area contributed by atoms with Gasteiger partial charge in [0.05, 0.1) is 0 Å². The van der Waals surface area contributed by atoms with Crippen LogP contribution in [0.15, 0.2) is 35.7 Å². The Labute approximate surface area is 109 Å². The number of anilines is 2. The maximum absolute atomic E-state index is 11.5. The summed E-state index contributed by atoms with van der Waals surface area (Å²) >= 11 is 1.26. The lowest BCUT2D eigenvalue weighted by Gasteiger charge is -2.17. The lowest BCUT2D eigenvalue weighted by Crippen LogP contribution is -2.28. The van der Waals surface area contributed by atoms with Gasteiger partial charge in [0.2, 0.25) is 5.91 Å². The smallest absolute Gasteiger partial charge is 0.249 e. The summed E-state index contributed by atoms with van der Waals surface area (Å²) in [6.45, 7) is 1.72. The van der Waals surface area contributed by atoms with E-state index in [2.05, 4.69) is 4.98 Å². The number of nitrogens with two attached hydrogens (primary N) is 1. The topological polar surface area (TPSA) is 68.5 Å². The molecule has 1 amide bonds. The highest BCUT2D eigenvalue weighted by atomic mass is 32.1. The zero-order valence-corrected chi connectivity index (χ0v) is 10.7. The van der Waals surface area contributed by atoms with Crippen molar-refractivity contribution in [2.45, 2.75) is 13.5 Å². The molecule has 0 saturated carbocycles. The number of aromatic nitrogens is 1. The summed E-state index contributed by atoms with van der Waals surface area (Å²) in [5.41, 5.74) is 6.52. The standard InChI is InChI=1S/C12H13N3O2S/c1-9(16)15(11-8-18-12(13)14-11)17-7-10-5-3-2-4-6-10/h2-6,8H,7H2,1H3,(H2,13,14). The Hall–Kier alpha value is -1.92. The first-order valence-electron chi connectivity index (χ1n) is 5.35. The minimum atomic E-state index is -0.240. The first-order chi connectivity index (χ1) is 8.66. The second kappa shape index (κ2) is 5.61. The van der Waals surface area contributed by atoms with Crippen LogP contribution in [0.5, 0.6) is 0 Å². The van der Waals surface area contributed by atoms with E-state index < -0.39 is 0 Å². The van der Waals surface area contributed by atoms with Crippen molar-refractivity contribution < 1.29 is 9.63 Å². The fourth-order valence-corrected chi connectivity index (χ4v) is 1.92. The molecule has 2 aromatic rings. The molecule has 2 rings (SSSR count). The summed E-state index contributed by atoms with van der Waals surface area (Å²) in [5.74, 6) is 0.178. The van der Waals surface area contributed by atoms with E-state index in [1.807, 2.05) is 30.3 Å². The van der Waals surface area contributed by atoms with Crippen LogP contribution in [0.25, 0.3) is 0 Å². The van der Waals surface area contributed by atoms with Crippen LogP contribution >= 0.6 is 11.3 Å². The van der Waals surface area contributed by atoms with E-state index in [-0.39, 0.29) is 5.91 Å². The van der Waals surface area contributed by atoms with Gasteiger partial charge in [0.25, 0.3) is 0 Å². The number of carbonyl (C=O) groups is 1. The van der Waals surface area contributed by atoms with E-state index in [9.17, 15) is 4.79 Å². The van der Waals surface area contributed by atoms with E-state index in [0.717, 1.165) is 10.6 Å². The predicted molar refractivity (Wildman–Crippen MR) is 70.9 cm³/mol. The monoisotopic (exact) mass is 263 g/mol. The Bertz CT molecular complexity index is 527. The van der Waals surface area contributed by atoms with Crippen molar-refractivity contribution in [3.05, 3.63) is 41.3 Å². The normalized spacial score (nSPS) is 10.3. The molecule has 0 atom stereocenters. The zero-order chi connectivity index (χ0) is 13.0. The third-order valence-electron chi connectivity index (χ3n) is 2.21. The van der Waals surface area contributed by atoms with Gasteiger partial charge >= 0.3 is 0 Å². The molecular weight excluding hydrogens is 250 g/mol. The van der Waals surface area contributed by atoms with Crippen LogP contribution in [0, 0.1) is 0 Å². The van der Waals surface area contributed by atoms with E-state index in [4.69, 9.17) is 10.6 Å². The molecule has 0 spiro atoms. The second-order valence-corrected chi connectivity index (χ2v) is 4.51. The van der Waals surface area contributed by atoms with Gasteiger partial charge in [-0.25, -0.2) is 4.98 Å². The van der Waals surface area contributed by atoms with Crippen molar-refractivity contribution >= 4 is 28.2 Å². The van der Waals surface area contributed by atoms with E-state index in [0.29, 0.717) is 17.6 Å². The van der Waals surface area contributed by atoms with Crippen LogP contribution in [-0.2, 0) is 16.2 Å². The largest absolute Gasteiger partial charge is 0.375 e. The average molecular weight is 263 g/mol. The highest BCUT2D eigenvalue weighted by molar-refractivity contribution is 7.13. The molecule has 0 aliphatic carbocycles. The first-order valence-corrected chi connectivity index (χ1v) is 6.23. The predicted octanol–water partition coefficient (Wildman–Crippen LogP) is 2.21. The average Bonchev–Trinajstić information content (AvgIpc) is 2.77. The molecule has 6 heteroatoms. The number of nitrogen functional groups attached to an aromatic ring is 1. The Morgan fingerprint density at radius 3 is 2.72 bits per heavy atom. The fraction of sp³-hybridized carbons (Fsp3) is 0.167. The molecule has 0 aliphatic heterocycles. The fourth-order valence-electron chi connectivity index (χ4n) is 1.40. The van der Waals surface area contributed by atoms with Crippen LogP contribution in [0.3, 0.4) is 0 Å². The summed E-state index contributed by atoms with van der Waals surface area (Å²) in [4.78, 5) is 21.0. The maximum atomic E-state index is 11.5. The van der Waals surface area contributed by atoms with Crippen LogP contribution in [0.1, 0.15) is 12.5 Å². The zero-order valence-electron chi connectivity index (χ0n) is 9.87. The van der Waals surface area contributed by atoms with Gasteiger partial charge in [-0.15, -0.1) is 11.3 Å². The second-order valence-electron chi connectivity index (χ2n) is 3.62. The van der Waals surface area contributed by atoms with E-state index in [1.54, 1.807) is 5.38 Å². The number of hydrogen-bond donors (Lipinski definition) is 1. The van der Waals surface area contributed by atoms with Crippen LogP contribution in [-0.4, -0.2) is 10.9 Å². The summed E-state index contributed by atoms with van der Waals surface area (Å²) in [5, 5.41) is 3.24. The lowest BCUT2D eigenvalue weighted by atomic mass is 10.2. The van der Waals surface area contributed by atoms with Gasteiger partial charge in [-0.3, -0.25) is 9.63 Å². The Balaban J connectivity index is 2.06. The molecular formula is C12H13N3O2S. The Morgan fingerprint density at radius 2 is 2.17 bits per heavy atom. The minimum absolute atomic E-state index is 0.240. The Morgan fingerprint density at radius 1 is 1.44 bits per heavy atom. The number of carbonyl (C=O) groups excluding carboxylic acids is 1. The number of nitrogens with zero attached hydrogens (tertiary/aromatic N) is 2. The quantitative estimate of drug-likeness (QED) is 0.859. The minimum Gasteiger partial charge on any atom is -0.375 e. The molecule has 0 bridgehead atoms. The van der Waals surface area contributed by atoms with Crippen LogP contribution < -0.4 is 10.8 Å². The highest BCUT2D eigenvalue weighted by Crippen LogP contribution is 2.21. The molecule has 94 valence electrons. The molecule has 2 N–H and O–H groups in total. The molecule has 0 saturated heterocycles. The highest BCUT2D eigenvalue weighted by Gasteiger charge is 2.15. The molecule has 0 unspecified atom stereocenters. The number of rotatable bonds is 4. The van der Waals surface area contributed by atoms with E-state index in [1.165, 1.54) is 18.3 Å².